The molecular weight excluding hydrogens is 282 g/mol. The minimum absolute atomic E-state index is 0.0750. The second-order valence-electron chi connectivity index (χ2n) is 4.57. The summed E-state index contributed by atoms with van der Waals surface area (Å²) in [5.74, 6) is 0.406. The lowest BCUT2D eigenvalue weighted by atomic mass is 10.0. The van der Waals surface area contributed by atoms with Gasteiger partial charge in [0.15, 0.2) is 0 Å². The zero-order valence-corrected chi connectivity index (χ0v) is 12.2. The third-order valence-corrected chi connectivity index (χ3v) is 3.76. The van der Waals surface area contributed by atoms with Crippen LogP contribution in [0.1, 0.15) is 31.1 Å². The van der Waals surface area contributed by atoms with Crippen LogP contribution >= 0.6 is 15.9 Å². The molecule has 0 radical (unpaired) electrons. The summed E-state index contributed by atoms with van der Waals surface area (Å²) in [7, 11) is 1.78. The Bertz CT molecular complexity index is 418. The van der Waals surface area contributed by atoms with Gasteiger partial charge in [0, 0.05) is 18.7 Å². The average molecular weight is 300 g/mol. The van der Waals surface area contributed by atoms with Crippen LogP contribution in [0.25, 0.3) is 0 Å². The van der Waals surface area contributed by atoms with Crippen molar-refractivity contribution in [3.63, 3.8) is 0 Å². The topological polar surface area (TPSA) is 40.5 Å². The lowest BCUT2D eigenvalue weighted by Crippen LogP contribution is -2.38. The molecule has 0 aliphatic carbocycles. The SMILES string of the molecule is CC(C)C(C)N(C)C(=O)c1ccc(Br)c(O)c1. The fourth-order valence-electron chi connectivity index (χ4n) is 1.48. The van der Waals surface area contributed by atoms with Crippen LogP contribution in [-0.4, -0.2) is 29.0 Å². The van der Waals surface area contributed by atoms with Crippen LogP contribution in [0.3, 0.4) is 0 Å². The van der Waals surface area contributed by atoms with E-state index in [0.717, 1.165) is 0 Å². The first-order valence-electron chi connectivity index (χ1n) is 5.60. The molecule has 0 saturated heterocycles. The zero-order chi connectivity index (χ0) is 13.2. The van der Waals surface area contributed by atoms with Gasteiger partial charge in [0.1, 0.15) is 5.75 Å². The van der Waals surface area contributed by atoms with E-state index in [1.807, 2.05) is 6.92 Å². The summed E-state index contributed by atoms with van der Waals surface area (Å²) in [5, 5.41) is 9.56. The van der Waals surface area contributed by atoms with Crippen LogP contribution in [0, 0.1) is 5.92 Å². The highest BCUT2D eigenvalue weighted by atomic mass is 79.9. The first kappa shape index (κ1) is 14.0. The van der Waals surface area contributed by atoms with E-state index < -0.39 is 0 Å². The number of rotatable bonds is 3. The number of hydrogen-bond acceptors (Lipinski definition) is 2. The van der Waals surface area contributed by atoms with Gasteiger partial charge in [-0.2, -0.15) is 0 Å². The molecule has 1 atom stereocenters. The first-order chi connectivity index (χ1) is 7.84. The highest BCUT2D eigenvalue weighted by molar-refractivity contribution is 9.10. The van der Waals surface area contributed by atoms with Crippen molar-refractivity contribution < 1.29 is 9.90 Å². The van der Waals surface area contributed by atoms with Gasteiger partial charge in [-0.15, -0.1) is 0 Å². The third-order valence-electron chi connectivity index (χ3n) is 3.09. The van der Waals surface area contributed by atoms with Crippen LogP contribution in [0.2, 0.25) is 0 Å². The Balaban J connectivity index is 2.92. The number of hydrogen-bond donors (Lipinski definition) is 1. The van der Waals surface area contributed by atoms with Crippen LogP contribution in [0.5, 0.6) is 5.75 Å². The molecule has 1 N–H and O–H groups in total. The van der Waals surface area contributed by atoms with E-state index in [1.54, 1.807) is 24.1 Å². The fourth-order valence-corrected chi connectivity index (χ4v) is 1.73. The highest BCUT2D eigenvalue weighted by Crippen LogP contribution is 2.25. The normalized spacial score (nSPS) is 12.6. The number of phenolic OH excluding ortho intramolecular Hbond substituents is 1. The third kappa shape index (κ3) is 3.22. The lowest BCUT2D eigenvalue weighted by Gasteiger charge is -2.28. The molecule has 94 valence electrons. The molecular formula is C13H18BrNO2. The largest absolute Gasteiger partial charge is 0.507 e. The molecule has 0 fully saturated rings. The van der Waals surface area contributed by atoms with Crippen molar-refractivity contribution >= 4 is 21.8 Å². The molecule has 4 heteroatoms. The van der Waals surface area contributed by atoms with Gasteiger partial charge in [-0.3, -0.25) is 4.79 Å². The number of phenols is 1. The molecule has 0 aliphatic rings. The van der Waals surface area contributed by atoms with Gasteiger partial charge in [-0.25, -0.2) is 0 Å². The summed E-state index contributed by atoms with van der Waals surface area (Å²) < 4.78 is 0.591. The summed E-state index contributed by atoms with van der Waals surface area (Å²) in [6.07, 6.45) is 0. The number of halogens is 1. The zero-order valence-electron chi connectivity index (χ0n) is 10.6. The van der Waals surface area contributed by atoms with Gasteiger partial charge < -0.3 is 10.0 Å². The minimum Gasteiger partial charge on any atom is -0.507 e. The standard InChI is InChI=1S/C13H18BrNO2/c1-8(2)9(3)15(4)13(17)10-5-6-11(14)12(16)7-10/h5-9,16H,1-4H3. The molecule has 0 aliphatic heterocycles. The molecule has 0 bridgehead atoms. The molecule has 1 unspecified atom stereocenters. The first-order valence-corrected chi connectivity index (χ1v) is 6.39. The van der Waals surface area contributed by atoms with Crippen molar-refractivity contribution in [3.05, 3.63) is 28.2 Å². The Hall–Kier alpha value is -1.03. The van der Waals surface area contributed by atoms with E-state index in [0.29, 0.717) is 16.0 Å². The van der Waals surface area contributed by atoms with Crippen molar-refractivity contribution in [3.8, 4) is 5.75 Å². The molecule has 1 amide bonds. The minimum atomic E-state index is -0.0750. The number of aromatic hydroxyl groups is 1. The predicted molar refractivity (Wildman–Crippen MR) is 72.2 cm³/mol. The van der Waals surface area contributed by atoms with E-state index in [9.17, 15) is 9.90 Å². The van der Waals surface area contributed by atoms with Crippen LogP contribution in [-0.2, 0) is 0 Å². The van der Waals surface area contributed by atoms with Crippen molar-refractivity contribution in [2.75, 3.05) is 7.05 Å². The van der Waals surface area contributed by atoms with Crippen molar-refractivity contribution in [2.45, 2.75) is 26.8 Å². The van der Waals surface area contributed by atoms with E-state index in [4.69, 9.17) is 0 Å². The van der Waals surface area contributed by atoms with Gasteiger partial charge in [0.05, 0.1) is 4.47 Å². The molecule has 17 heavy (non-hydrogen) atoms. The summed E-state index contributed by atoms with van der Waals surface area (Å²) in [6.45, 7) is 6.17. The summed E-state index contributed by atoms with van der Waals surface area (Å²) in [6, 6.07) is 5.02. The quantitative estimate of drug-likeness (QED) is 0.930. The van der Waals surface area contributed by atoms with Gasteiger partial charge in [0.25, 0.3) is 5.91 Å². The number of benzene rings is 1. The average Bonchev–Trinajstić information content (AvgIpc) is 2.29. The highest BCUT2D eigenvalue weighted by Gasteiger charge is 2.20. The monoisotopic (exact) mass is 299 g/mol. The van der Waals surface area contributed by atoms with Crippen molar-refractivity contribution in [1.82, 2.24) is 4.90 Å². The number of nitrogens with zero attached hydrogens (tertiary/aromatic N) is 1. The second kappa shape index (κ2) is 5.54. The fraction of sp³-hybridized carbons (Fsp3) is 0.462. The predicted octanol–water partition coefficient (Wildman–Crippen LogP) is 3.27. The molecule has 0 spiro atoms. The molecule has 3 nitrogen and oxygen atoms in total. The Morgan fingerprint density at radius 3 is 2.41 bits per heavy atom. The van der Waals surface area contributed by atoms with Gasteiger partial charge in [-0.05, 0) is 47.0 Å². The van der Waals surface area contributed by atoms with E-state index >= 15 is 0 Å². The van der Waals surface area contributed by atoms with Crippen LogP contribution in [0.4, 0.5) is 0 Å². The summed E-state index contributed by atoms with van der Waals surface area (Å²) >= 11 is 3.19. The summed E-state index contributed by atoms with van der Waals surface area (Å²) in [4.78, 5) is 13.9. The van der Waals surface area contributed by atoms with Crippen LogP contribution in [0.15, 0.2) is 22.7 Å². The molecule has 1 aromatic rings. The van der Waals surface area contributed by atoms with Gasteiger partial charge in [-0.1, -0.05) is 13.8 Å². The van der Waals surface area contributed by atoms with E-state index in [2.05, 4.69) is 29.8 Å². The maximum Gasteiger partial charge on any atom is 0.253 e. The van der Waals surface area contributed by atoms with Crippen molar-refractivity contribution in [1.29, 1.82) is 0 Å². The number of carbonyl (C=O) groups excluding carboxylic acids is 1. The van der Waals surface area contributed by atoms with Gasteiger partial charge >= 0.3 is 0 Å². The summed E-state index contributed by atoms with van der Waals surface area (Å²) in [5.41, 5.74) is 0.501. The Labute approximate surface area is 111 Å². The lowest BCUT2D eigenvalue weighted by molar-refractivity contribution is 0.0706. The maximum absolute atomic E-state index is 12.2. The van der Waals surface area contributed by atoms with Gasteiger partial charge in [0.2, 0.25) is 0 Å². The Morgan fingerprint density at radius 2 is 1.94 bits per heavy atom. The molecule has 0 heterocycles. The Morgan fingerprint density at radius 1 is 1.35 bits per heavy atom. The van der Waals surface area contributed by atoms with Crippen LogP contribution < -0.4 is 0 Å². The molecule has 1 rings (SSSR count). The van der Waals surface area contributed by atoms with E-state index in [-0.39, 0.29) is 17.7 Å². The van der Waals surface area contributed by atoms with E-state index in [1.165, 1.54) is 6.07 Å². The van der Waals surface area contributed by atoms with Crippen molar-refractivity contribution in [2.24, 2.45) is 5.92 Å². The Kier molecular flexibility index (Phi) is 4.57. The number of carbonyl (C=O) groups is 1. The number of amides is 1. The molecule has 0 aromatic heterocycles. The second-order valence-corrected chi connectivity index (χ2v) is 5.42. The molecule has 1 aromatic carbocycles. The molecule has 0 saturated carbocycles. The maximum atomic E-state index is 12.2. The smallest absolute Gasteiger partial charge is 0.253 e.